The first-order chi connectivity index (χ1) is 47.4. The third kappa shape index (κ3) is 32.1. The van der Waals surface area contributed by atoms with Gasteiger partial charge in [0.1, 0.15) is 0 Å². The molecule has 0 radical (unpaired) electrons. The van der Waals surface area contributed by atoms with Crippen molar-refractivity contribution in [1.29, 1.82) is 0 Å². The van der Waals surface area contributed by atoms with E-state index in [4.69, 9.17) is 28.4 Å². The number of hydrogen-bond donors (Lipinski definition) is 0. The van der Waals surface area contributed by atoms with E-state index in [2.05, 4.69) is 41.5 Å². The Bertz CT molecular complexity index is 1600. The average Bonchev–Trinajstić information content (AvgIpc) is 0.771. The summed E-state index contributed by atoms with van der Waals surface area (Å²) in [6, 6.07) is 0. The van der Waals surface area contributed by atoms with Crippen LogP contribution in [0.5, 0.6) is 34.5 Å². The average molecular weight is 1340 g/mol. The molecule has 7 rings (SSSR count). The SMILES string of the molecule is CCCCCCC[C@H]1CC[C@H](COc2c(OC[C@H]3CC[C@H](CCCCCCC)CC3)c(OC[C@H]3CC[C@H](CCCCCCC)CC3)c(OC[C@H]3CC[C@H](CCCCCCC)CC3)c(OC[C@H]3CC[C@H](CCCCCCC)CC3)c2OC[C@H]2CC[C@H](CCCCCCC)CC2)CC1. The van der Waals surface area contributed by atoms with Crippen LogP contribution in [0, 0.1) is 71.0 Å². The minimum absolute atomic E-state index is 0.510. The van der Waals surface area contributed by atoms with Crippen molar-refractivity contribution < 1.29 is 28.4 Å². The third-order valence-electron chi connectivity index (χ3n) is 26.1. The van der Waals surface area contributed by atoms with Gasteiger partial charge in [-0.1, -0.05) is 350 Å². The maximum Gasteiger partial charge on any atom is 0.211 e. The maximum absolute atomic E-state index is 7.69. The first kappa shape index (κ1) is 81.3. The molecule has 0 unspecified atom stereocenters. The van der Waals surface area contributed by atoms with Gasteiger partial charge >= 0.3 is 0 Å². The monoisotopic (exact) mass is 1340 g/mol. The minimum atomic E-state index is 0.510. The van der Waals surface area contributed by atoms with Crippen LogP contribution in [-0.4, -0.2) is 39.6 Å². The van der Waals surface area contributed by atoms with Crippen molar-refractivity contribution in [2.24, 2.45) is 71.0 Å². The van der Waals surface area contributed by atoms with Gasteiger partial charge in [-0.3, -0.25) is 0 Å². The van der Waals surface area contributed by atoms with Crippen LogP contribution in [-0.2, 0) is 0 Å². The van der Waals surface area contributed by atoms with Crippen LogP contribution in [0.3, 0.4) is 0 Å². The minimum Gasteiger partial charge on any atom is -0.486 e. The summed E-state index contributed by atoms with van der Waals surface area (Å²) in [6.45, 7) is 18.2. The molecule has 6 nitrogen and oxygen atoms in total. The zero-order valence-corrected chi connectivity index (χ0v) is 65.0. The third-order valence-corrected chi connectivity index (χ3v) is 26.1. The molecule has 6 heteroatoms. The molecule has 1 aromatic carbocycles. The van der Waals surface area contributed by atoms with Crippen molar-refractivity contribution in [2.45, 2.75) is 427 Å². The fraction of sp³-hybridized carbons (Fsp3) is 0.933. The van der Waals surface area contributed by atoms with Gasteiger partial charge in [0.15, 0.2) is 0 Å². The summed E-state index contributed by atoms with van der Waals surface area (Å²) < 4.78 is 46.2. The maximum atomic E-state index is 7.69. The second-order valence-corrected chi connectivity index (χ2v) is 34.4. The normalized spacial score (nSPS) is 26.6. The van der Waals surface area contributed by atoms with E-state index < -0.39 is 0 Å². The van der Waals surface area contributed by atoms with Crippen LogP contribution >= 0.6 is 0 Å². The van der Waals surface area contributed by atoms with Crippen LogP contribution < -0.4 is 28.4 Å². The fourth-order valence-electron chi connectivity index (χ4n) is 19.0. The zero-order valence-electron chi connectivity index (χ0n) is 65.0. The second kappa shape index (κ2) is 51.2. The Kier molecular flexibility index (Phi) is 43.4. The topological polar surface area (TPSA) is 55.4 Å². The Morgan fingerprint density at radius 2 is 0.271 bits per heavy atom. The smallest absolute Gasteiger partial charge is 0.211 e. The first-order valence-corrected chi connectivity index (χ1v) is 44.4. The van der Waals surface area contributed by atoms with Crippen LogP contribution in [0.25, 0.3) is 0 Å². The molecule has 0 heterocycles. The first-order valence-electron chi connectivity index (χ1n) is 44.4. The molecule has 1 aromatic rings. The van der Waals surface area contributed by atoms with Crippen LogP contribution in [0.4, 0.5) is 0 Å². The molecule has 6 fully saturated rings. The van der Waals surface area contributed by atoms with Crippen molar-refractivity contribution in [3.63, 3.8) is 0 Å². The molecule has 6 aliphatic rings. The van der Waals surface area contributed by atoms with Crippen LogP contribution in [0.15, 0.2) is 0 Å². The van der Waals surface area contributed by atoms with Crippen molar-refractivity contribution in [2.75, 3.05) is 39.6 Å². The summed E-state index contributed by atoms with van der Waals surface area (Å²) in [5, 5.41) is 0. The summed E-state index contributed by atoms with van der Waals surface area (Å²) in [5.74, 6) is 12.9. The lowest BCUT2D eigenvalue weighted by Crippen LogP contribution is -2.25. The van der Waals surface area contributed by atoms with E-state index in [1.165, 1.54) is 385 Å². The van der Waals surface area contributed by atoms with Crippen LogP contribution in [0.1, 0.15) is 427 Å². The highest BCUT2D eigenvalue weighted by atomic mass is 16.6. The summed E-state index contributed by atoms with van der Waals surface area (Å²) in [5.41, 5.74) is 0. The van der Waals surface area contributed by atoms with Crippen molar-refractivity contribution in [1.82, 2.24) is 0 Å². The van der Waals surface area contributed by atoms with E-state index >= 15 is 0 Å². The zero-order chi connectivity index (χ0) is 67.3. The molecule has 6 aliphatic carbocycles. The molecule has 0 amide bonds. The van der Waals surface area contributed by atoms with Gasteiger partial charge in [0.25, 0.3) is 0 Å². The standard InChI is InChI=1S/C90H162O6/c1-7-13-19-25-31-37-73-43-55-79(56-44-73)67-91-85-86(92-68-80-57-45-74(46-58-80)38-32-26-20-14-8-2)88(94-70-82-61-49-76(50-62-82)40-34-28-22-16-10-4)90(96-72-84-65-53-78(54-66-84)42-36-30-24-18-12-6)89(95-71-83-63-51-77(52-64-83)41-35-29-23-17-11-5)87(85)93-69-81-59-47-75(48-60-81)39-33-27-21-15-9-3/h73-84H,7-72H2,1-6H3/t73-,74-,75-,76-,77-,78-,79-,80-,81-,82-,83-,84-. The summed E-state index contributed by atoms with van der Waals surface area (Å²) in [4.78, 5) is 0. The summed E-state index contributed by atoms with van der Waals surface area (Å²) in [6.07, 6.45) is 80.7. The van der Waals surface area contributed by atoms with E-state index in [0.29, 0.717) is 75.1 Å². The Balaban J connectivity index is 1.24. The molecule has 96 heavy (non-hydrogen) atoms. The van der Waals surface area contributed by atoms with E-state index in [-0.39, 0.29) is 0 Å². The Hall–Kier alpha value is -1.98. The van der Waals surface area contributed by atoms with Crippen molar-refractivity contribution >= 4 is 0 Å². The summed E-state index contributed by atoms with van der Waals surface area (Å²) in [7, 11) is 0. The highest BCUT2D eigenvalue weighted by Crippen LogP contribution is 2.60. The molecule has 558 valence electrons. The molecule has 0 spiro atoms. The highest BCUT2D eigenvalue weighted by Gasteiger charge is 2.37. The van der Waals surface area contributed by atoms with Gasteiger partial charge in [-0.15, -0.1) is 0 Å². The predicted octanol–water partition coefficient (Wildman–Crippen LogP) is 29.0. The molecule has 6 saturated carbocycles. The van der Waals surface area contributed by atoms with Gasteiger partial charge in [0.05, 0.1) is 39.6 Å². The largest absolute Gasteiger partial charge is 0.486 e. The van der Waals surface area contributed by atoms with Gasteiger partial charge in [-0.2, -0.15) is 0 Å². The second-order valence-electron chi connectivity index (χ2n) is 34.4. The molecule has 0 aliphatic heterocycles. The molecular weight excluding hydrogens is 1180 g/mol. The number of benzene rings is 1. The number of rotatable bonds is 54. The summed E-state index contributed by atoms with van der Waals surface area (Å²) >= 11 is 0. The lowest BCUT2D eigenvalue weighted by Gasteiger charge is -2.34. The molecular formula is C90H162O6. The van der Waals surface area contributed by atoms with Gasteiger partial charge in [0.2, 0.25) is 34.5 Å². The Labute approximate surface area is 597 Å². The predicted molar refractivity (Wildman–Crippen MR) is 412 cm³/mol. The Morgan fingerprint density at radius 1 is 0.156 bits per heavy atom. The van der Waals surface area contributed by atoms with Gasteiger partial charge in [-0.05, 0) is 148 Å². The van der Waals surface area contributed by atoms with Crippen LogP contribution in [0.2, 0.25) is 0 Å². The van der Waals surface area contributed by atoms with E-state index in [1.807, 2.05) is 0 Å². The number of hydrogen-bond acceptors (Lipinski definition) is 6. The van der Waals surface area contributed by atoms with Crippen molar-refractivity contribution in [3.8, 4) is 34.5 Å². The molecule has 0 bridgehead atoms. The van der Waals surface area contributed by atoms with Crippen molar-refractivity contribution in [3.05, 3.63) is 0 Å². The molecule has 0 saturated heterocycles. The molecule has 0 atom stereocenters. The van der Waals surface area contributed by atoms with E-state index in [1.54, 1.807) is 0 Å². The van der Waals surface area contributed by atoms with E-state index in [0.717, 1.165) is 70.0 Å². The number of ether oxygens (including phenoxy) is 6. The fourth-order valence-corrected chi connectivity index (χ4v) is 19.0. The quantitative estimate of drug-likeness (QED) is 0.0606. The van der Waals surface area contributed by atoms with E-state index in [9.17, 15) is 0 Å². The number of unbranched alkanes of at least 4 members (excludes halogenated alkanes) is 24. The Morgan fingerprint density at radius 3 is 0.396 bits per heavy atom. The van der Waals surface area contributed by atoms with Gasteiger partial charge in [0, 0.05) is 0 Å². The van der Waals surface area contributed by atoms with Gasteiger partial charge in [-0.25, -0.2) is 0 Å². The molecule has 0 N–H and O–H groups in total. The molecule has 0 aromatic heterocycles. The lowest BCUT2D eigenvalue weighted by atomic mass is 9.80. The van der Waals surface area contributed by atoms with Gasteiger partial charge < -0.3 is 28.4 Å². The lowest BCUT2D eigenvalue weighted by molar-refractivity contribution is 0.117. The highest BCUT2D eigenvalue weighted by molar-refractivity contribution is 5.74.